The minimum Gasteiger partial charge on any atom is -0.481 e. The van der Waals surface area contributed by atoms with Gasteiger partial charge in [0.2, 0.25) is 5.91 Å². The first-order valence-corrected chi connectivity index (χ1v) is 8.13. The van der Waals surface area contributed by atoms with Crippen molar-refractivity contribution < 1.29 is 19.5 Å². The van der Waals surface area contributed by atoms with Crippen LogP contribution in [-0.2, 0) is 14.4 Å². The largest absolute Gasteiger partial charge is 0.481 e. The summed E-state index contributed by atoms with van der Waals surface area (Å²) in [4.78, 5) is 36.5. The van der Waals surface area contributed by atoms with E-state index >= 15 is 0 Å². The lowest BCUT2D eigenvalue weighted by Crippen LogP contribution is -2.37. The molecule has 2 aliphatic carbocycles. The molecule has 1 heterocycles. The molecule has 7 nitrogen and oxygen atoms in total. The maximum absolute atomic E-state index is 12.1. The van der Waals surface area contributed by atoms with Gasteiger partial charge in [0.1, 0.15) is 9.74 Å². The minimum atomic E-state index is -1.01. The second-order valence-corrected chi connectivity index (χ2v) is 7.15. The Morgan fingerprint density at radius 2 is 2.30 bits per heavy atom. The Morgan fingerprint density at radius 1 is 1.57 bits per heavy atom. The van der Waals surface area contributed by atoms with Gasteiger partial charge in [0.25, 0.3) is 5.91 Å². The molecule has 1 saturated carbocycles. The predicted octanol–water partition coefficient (Wildman–Crippen LogP) is 0.875. The number of fused-ring (bicyclic) bond motifs is 1. The molecule has 0 radical (unpaired) electrons. The standard InChI is InChI=1S/C14H13N3O4S2/c15-10-11(19)17(13(22)23-10)5-4-9(18)16-8-3-1-2-7-6-14(7,8)12(20)21/h1-3,7,15H,4-6H2,(H,16,18)(H,20,21). The van der Waals surface area contributed by atoms with Crippen LogP contribution in [0, 0.1) is 16.7 Å². The van der Waals surface area contributed by atoms with E-state index in [-0.39, 0.29) is 34.2 Å². The Morgan fingerprint density at radius 3 is 2.91 bits per heavy atom. The molecule has 3 N–H and O–H groups in total. The van der Waals surface area contributed by atoms with Crippen LogP contribution in [0.4, 0.5) is 0 Å². The minimum absolute atomic E-state index is 0.0128. The summed E-state index contributed by atoms with van der Waals surface area (Å²) in [6.07, 6.45) is 5.64. The summed E-state index contributed by atoms with van der Waals surface area (Å²) in [7, 11) is 0. The molecule has 0 aromatic carbocycles. The third-order valence-corrected chi connectivity index (χ3v) is 5.41. The van der Waals surface area contributed by atoms with Crippen LogP contribution in [0.5, 0.6) is 0 Å². The highest BCUT2D eigenvalue weighted by Gasteiger charge is 2.63. The predicted molar refractivity (Wildman–Crippen MR) is 87.8 cm³/mol. The molecular formula is C14H13N3O4S2. The average Bonchev–Trinajstić information content (AvgIpc) is 3.18. The van der Waals surface area contributed by atoms with Crippen LogP contribution >= 0.6 is 24.0 Å². The van der Waals surface area contributed by atoms with Crippen LogP contribution in [0.3, 0.4) is 0 Å². The zero-order valence-corrected chi connectivity index (χ0v) is 13.5. The molecular weight excluding hydrogens is 338 g/mol. The number of hydrogen-bond donors (Lipinski definition) is 3. The number of carboxylic acid groups (broad SMARTS) is 1. The van der Waals surface area contributed by atoms with Crippen molar-refractivity contribution in [3.8, 4) is 0 Å². The van der Waals surface area contributed by atoms with E-state index in [0.29, 0.717) is 12.1 Å². The van der Waals surface area contributed by atoms with E-state index in [1.807, 2.05) is 6.08 Å². The van der Waals surface area contributed by atoms with E-state index < -0.39 is 17.3 Å². The van der Waals surface area contributed by atoms with E-state index in [2.05, 4.69) is 5.32 Å². The Balaban J connectivity index is 1.60. The maximum Gasteiger partial charge on any atom is 0.316 e. The number of allylic oxidation sites excluding steroid dienone is 3. The summed E-state index contributed by atoms with van der Waals surface area (Å²) in [6, 6.07) is 0. The van der Waals surface area contributed by atoms with Gasteiger partial charge >= 0.3 is 5.97 Å². The molecule has 3 rings (SSSR count). The number of hydrogen-bond acceptors (Lipinski definition) is 6. The number of aliphatic carboxylic acids is 1. The lowest BCUT2D eigenvalue weighted by atomic mass is 9.95. The van der Waals surface area contributed by atoms with Crippen LogP contribution in [0.15, 0.2) is 23.9 Å². The number of nitrogens with zero attached hydrogens (tertiary/aromatic N) is 1. The molecule has 2 atom stereocenters. The van der Waals surface area contributed by atoms with Crippen molar-refractivity contribution in [1.29, 1.82) is 5.41 Å². The van der Waals surface area contributed by atoms with Crippen molar-refractivity contribution in [3.05, 3.63) is 23.9 Å². The first-order chi connectivity index (χ1) is 10.9. The molecule has 0 spiro atoms. The number of carboxylic acids is 1. The molecule has 3 aliphatic rings. The Labute approximate surface area is 141 Å². The monoisotopic (exact) mass is 351 g/mol. The fraction of sp³-hybridized carbons (Fsp3) is 0.357. The van der Waals surface area contributed by atoms with Gasteiger partial charge in [0.15, 0.2) is 5.04 Å². The van der Waals surface area contributed by atoms with Gasteiger partial charge in [-0.3, -0.25) is 24.7 Å². The maximum atomic E-state index is 12.1. The molecule has 9 heteroatoms. The van der Waals surface area contributed by atoms with Gasteiger partial charge in [0, 0.05) is 24.6 Å². The van der Waals surface area contributed by atoms with Crippen LogP contribution in [0.25, 0.3) is 0 Å². The molecule has 0 aromatic rings. The molecule has 2 unspecified atom stereocenters. The number of thioether (sulfide) groups is 1. The highest BCUT2D eigenvalue weighted by atomic mass is 32.2. The molecule has 1 aliphatic heterocycles. The van der Waals surface area contributed by atoms with Gasteiger partial charge in [-0.05, 0) is 24.3 Å². The van der Waals surface area contributed by atoms with Crippen molar-refractivity contribution in [2.45, 2.75) is 12.8 Å². The first-order valence-electron chi connectivity index (χ1n) is 6.90. The Kier molecular flexibility index (Phi) is 3.85. The van der Waals surface area contributed by atoms with Crippen LogP contribution in [-0.4, -0.2) is 43.7 Å². The third kappa shape index (κ3) is 2.59. The van der Waals surface area contributed by atoms with E-state index in [4.69, 9.17) is 17.6 Å². The summed E-state index contributed by atoms with van der Waals surface area (Å²) in [6.45, 7) is 0.0749. The van der Waals surface area contributed by atoms with E-state index in [0.717, 1.165) is 11.8 Å². The molecule has 0 bridgehead atoms. The van der Waals surface area contributed by atoms with Crippen LogP contribution < -0.4 is 5.32 Å². The van der Waals surface area contributed by atoms with Crippen molar-refractivity contribution in [3.63, 3.8) is 0 Å². The van der Waals surface area contributed by atoms with Gasteiger partial charge in [-0.1, -0.05) is 24.4 Å². The number of rotatable bonds is 5. The fourth-order valence-electron chi connectivity index (χ4n) is 2.79. The highest BCUT2D eigenvalue weighted by molar-refractivity contribution is 8.35. The molecule has 1 saturated heterocycles. The summed E-state index contributed by atoms with van der Waals surface area (Å²) in [5.74, 6) is -1.90. The molecule has 2 fully saturated rings. The van der Waals surface area contributed by atoms with E-state index in [1.54, 1.807) is 12.2 Å². The van der Waals surface area contributed by atoms with Gasteiger partial charge in [-0.15, -0.1) is 0 Å². The van der Waals surface area contributed by atoms with E-state index in [9.17, 15) is 19.5 Å². The van der Waals surface area contributed by atoms with Crippen molar-refractivity contribution in [2.24, 2.45) is 11.3 Å². The Bertz CT molecular complexity index is 715. The highest BCUT2D eigenvalue weighted by Crippen LogP contribution is 2.59. The van der Waals surface area contributed by atoms with Crippen LogP contribution in [0.1, 0.15) is 12.8 Å². The van der Waals surface area contributed by atoms with Gasteiger partial charge in [0.05, 0.1) is 0 Å². The number of amides is 2. The van der Waals surface area contributed by atoms with E-state index in [1.165, 1.54) is 4.90 Å². The number of carbonyl (C=O) groups excluding carboxylic acids is 2. The molecule has 120 valence electrons. The smallest absolute Gasteiger partial charge is 0.316 e. The second kappa shape index (κ2) is 5.57. The van der Waals surface area contributed by atoms with Crippen LogP contribution in [0.2, 0.25) is 0 Å². The van der Waals surface area contributed by atoms with Gasteiger partial charge in [-0.25, -0.2) is 0 Å². The van der Waals surface area contributed by atoms with Gasteiger partial charge < -0.3 is 10.4 Å². The molecule has 0 aromatic heterocycles. The van der Waals surface area contributed by atoms with Crippen molar-refractivity contribution >= 4 is 51.1 Å². The average molecular weight is 351 g/mol. The number of carbonyl (C=O) groups is 3. The molecule has 23 heavy (non-hydrogen) atoms. The topological polar surface area (TPSA) is 111 Å². The SMILES string of the molecule is N=C1SC(=S)N(CCC(=O)NC2=CC=CC3CC23C(=O)O)C1=O. The molecule has 2 amide bonds. The Hall–Kier alpha value is -2.00. The summed E-state index contributed by atoms with van der Waals surface area (Å²) in [5.41, 5.74) is -0.624. The zero-order chi connectivity index (χ0) is 16.8. The van der Waals surface area contributed by atoms with Gasteiger partial charge in [-0.2, -0.15) is 0 Å². The van der Waals surface area contributed by atoms with Crippen molar-refractivity contribution in [1.82, 2.24) is 10.2 Å². The normalized spacial score (nSPS) is 28.5. The lowest BCUT2D eigenvalue weighted by Gasteiger charge is -2.20. The number of nitrogens with one attached hydrogen (secondary N) is 2. The van der Waals surface area contributed by atoms with Crippen molar-refractivity contribution in [2.75, 3.05) is 6.54 Å². The summed E-state index contributed by atoms with van der Waals surface area (Å²) in [5, 5.41) is 19.3. The first kappa shape index (κ1) is 15.9. The quantitative estimate of drug-likeness (QED) is 0.634. The third-order valence-electron chi connectivity index (χ3n) is 4.17. The number of thiocarbonyl (C=S) groups is 1. The zero-order valence-electron chi connectivity index (χ0n) is 11.9. The summed E-state index contributed by atoms with van der Waals surface area (Å²) >= 11 is 5.88. The fourth-order valence-corrected chi connectivity index (χ4v) is 3.87. The lowest BCUT2D eigenvalue weighted by molar-refractivity contribution is -0.142. The second-order valence-electron chi connectivity index (χ2n) is 5.50. The summed E-state index contributed by atoms with van der Waals surface area (Å²) < 4.78 is 0.261.